The van der Waals surface area contributed by atoms with E-state index in [0.717, 1.165) is 41.2 Å². The summed E-state index contributed by atoms with van der Waals surface area (Å²) in [6.07, 6.45) is 7.31. The van der Waals surface area contributed by atoms with Crippen LogP contribution in [0, 0.1) is 6.92 Å². The smallest absolute Gasteiger partial charge is 0.138 e. The fourth-order valence-electron chi connectivity index (χ4n) is 3.10. The maximum atomic E-state index is 5.93. The van der Waals surface area contributed by atoms with Gasteiger partial charge in [-0.05, 0) is 25.8 Å². The molecule has 2 atom stereocenters. The first kappa shape index (κ1) is 14.6. The highest BCUT2D eigenvalue weighted by Crippen LogP contribution is 2.32. The van der Waals surface area contributed by atoms with E-state index in [-0.39, 0.29) is 6.10 Å². The Labute approximate surface area is 138 Å². The number of aryl methyl sites for hydroxylation is 2. The molecule has 0 radical (unpaired) electrons. The minimum Gasteiger partial charge on any atom is -0.372 e. The first-order chi connectivity index (χ1) is 11.2. The van der Waals surface area contributed by atoms with Gasteiger partial charge in [-0.15, -0.1) is 11.3 Å². The normalized spacial score (nSPS) is 21.7. The highest BCUT2D eigenvalue weighted by Gasteiger charge is 2.26. The molecule has 1 N–H and O–H groups in total. The molecule has 4 rings (SSSR count). The van der Waals surface area contributed by atoms with Crippen molar-refractivity contribution in [1.29, 1.82) is 0 Å². The largest absolute Gasteiger partial charge is 0.372 e. The Kier molecular flexibility index (Phi) is 3.74. The van der Waals surface area contributed by atoms with E-state index < -0.39 is 0 Å². The highest BCUT2D eigenvalue weighted by atomic mass is 32.1. The van der Waals surface area contributed by atoms with Crippen molar-refractivity contribution in [2.75, 3.05) is 11.9 Å². The Balaban J connectivity index is 1.55. The predicted molar refractivity (Wildman–Crippen MR) is 90.7 cm³/mol. The third-order valence-electron chi connectivity index (χ3n) is 4.26. The molecule has 3 aromatic heterocycles. The van der Waals surface area contributed by atoms with E-state index in [0.29, 0.717) is 6.04 Å². The van der Waals surface area contributed by atoms with Gasteiger partial charge < -0.3 is 14.6 Å². The first-order valence-corrected chi connectivity index (χ1v) is 8.58. The van der Waals surface area contributed by atoms with E-state index in [4.69, 9.17) is 4.74 Å². The number of hydrogen-bond acceptors (Lipinski definition) is 6. The van der Waals surface area contributed by atoms with Crippen molar-refractivity contribution in [1.82, 2.24) is 19.5 Å². The number of thiophene rings is 1. The third-order valence-corrected chi connectivity index (χ3v) is 5.22. The van der Waals surface area contributed by atoms with E-state index in [9.17, 15) is 0 Å². The maximum Gasteiger partial charge on any atom is 0.138 e. The van der Waals surface area contributed by atoms with Gasteiger partial charge in [-0.25, -0.2) is 15.0 Å². The van der Waals surface area contributed by atoms with E-state index in [1.165, 1.54) is 4.88 Å². The summed E-state index contributed by atoms with van der Waals surface area (Å²) in [5, 5.41) is 4.70. The molecule has 7 heteroatoms. The number of rotatable bonds is 3. The molecule has 0 saturated carbocycles. The molecule has 0 amide bonds. The van der Waals surface area contributed by atoms with E-state index >= 15 is 0 Å². The Bertz CT molecular complexity index is 827. The van der Waals surface area contributed by atoms with E-state index in [1.807, 2.05) is 24.1 Å². The maximum absolute atomic E-state index is 5.93. The first-order valence-electron chi connectivity index (χ1n) is 7.76. The summed E-state index contributed by atoms with van der Waals surface area (Å²) in [5.74, 6) is 0.926. The molecule has 23 heavy (non-hydrogen) atoms. The second kappa shape index (κ2) is 5.90. The number of nitrogens with one attached hydrogen (secondary N) is 1. The second-order valence-corrected chi connectivity index (χ2v) is 7.19. The van der Waals surface area contributed by atoms with Crippen molar-refractivity contribution < 1.29 is 4.74 Å². The van der Waals surface area contributed by atoms with Crippen molar-refractivity contribution in [2.45, 2.75) is 31.9 Å². The van der Waals surface area contributed by atoms with Crippen LogP contribution in [0.15, 0.2) is 24.9 Å². The number of ether oxygens (including phenoxy) is 1. The Morgan fingerprint density at radius 3 is 3.13 bits per heavy atom. The molecular formula is C16H19N5OS. The van der Waals surface area contributed by atoms with Gasteiger partial charge in [0.2, 0.25) is 0 Å². The predicted octanol–water partition coefficient (Wildman–Crippen LogP) is 3.07. The molecule has 1 aliphatic rings. The Morgan fingerprint density at radius 2 is 2.30 bits per heavy atom. The van der Waals surface area contributed by atoms with Crippen LogP contribution in [-0.2, 0) is 11.8 Å². The molecule has 1 fully saturated rings. The molecule has 3 aromatic rings. The topological polar surface area (TPSA) is 64.9 Å². The number of aromatic nitrogens is 4. The van der Waals surface area contributed by atoms with Crippen LogP contribution in [0.4, 0.5) is 5.82 Å². The van der Waals surface area contributed by atoms with Crippen LogP contribution in [0.5, 0.6) is 0 Å². The zero-order valence-corrected chi connectivity index (χ0v) is 14.0. The lowest BCUT2D eigenvalue weighted by Crippen LogP contribution is -2.31. The molecule has 2 unspecified atom stereocenters. The lowest BCUT2D eigenvalue weighted by molar-refractivity contribution is 0.00556. The van der Waals surface area contributed by atoms with E-state index in [2.05, 4.69) is 33.3 Å². The number of anilines is 1. The second-order valence-electron chi connectivity index (χ2n) is 5.95. The summed E-state index contributed by atoms with van der Waals surface area (Å²) in [7, 11) is 2.00. The average Bonchev–Trinajstić information content (AvgIpc) is 3.13. The fraction of sp³-hybridized carbons (Fsp3) is 0.438. The van der Waals surface area contributed by atoms with Crippen molar-refractivity contribution >= 4 is 27.4 Å². The molecule has 0 bridgehead atoms. The van der Waals surface area contributed by atoms with Crippen LogP contribution in [-0.4, -0.2) is 32.2 Å². The minimum absolute atomic E-state index is 0.0790. The third kappa shape index (κ3) is 2.82. The Hall–Kier alpha value is -1.99. The SMILES string of the molecule is Cc1cc2c(NC3CCOC(c4cncn4C)C3)ncnc2s1. The van der Waals surface area contributed by atoms with Crippen LogP contribution in [0.25, 0.3) is 10.2 Å². The molecule has 0 aliphatic carbocycles. The van der Waals surface area contributed by atoms with Gasteiger partial charge in [-0.1, -0.05) is 0 Å². The average molecular weight is 329 g/mol. The van der Waals surface area contributed by atoms with Gasteiger partial charge >= 0.3 is 0 Å². The summed E-state index contributed by atoms with van der Waals surface area (Å²) >= 11 is 1.70. The molecular weight excluding hydrogens is 310 g/mol. The lowest BCUT2D eigenvalue weighted by Gasteiger charge is -2.30. The van der Waals surface area contributed by atoms with Gasteiger partial charge in [0.25, 0.3) is 0 Å². The molecule has 6 nitrogen and oxygen atoms in total. The fourth-order valence-corrected chi connectivity index (χ4v) is 3.94. The quantitative estimate of drug-likeness (QED) is 0.800. The van der Waals surface area contributed by atoms with Gasteiger partial charge in [-0.2, -0.15) is 0 Å². The van der Waals surface area contributed by atoms with Gasteiger partial charge in [0.15, 0.2) is 0 Å². The highest BCUT2D eigenvalue weighted by molar-refractivity contribution is 7.18. The molecule has 0 aromatic carbocycles. The zero-order chi connectivity index (χ0) is 15.8. The van der Waals surface area contributed by atoms with Gasteiger partial charge in [-0.3, -0.25) is 0 Å². The summed E-state index contributed by atoms with van der Waals surface area (Å²) in [4.78, 5) is 15.3. The summed E-state index contributed by atoms with van der Waals surface area (Å²) in [6, 6.07) is 2.49. The molecule has 1 aliphatic heterocycles. The van der Waals surface area contributed by atoms with Crippen LogP contribution >= 0.6 is 11.3 Å². The number of imidazole rings is 1. The molecule has 1 saturated heterocycles. The monoisotopic (exact) mass is 329 g/mol. The number of nitrogens with zero attached hydrogens (tertiary/aromatic N) is 4. The van der Waals surface area contributed by atoms with Crippen molar-refractivity contribution in [3.05, 3.63) is 35.5 Å². The molecule has 4 heterocycles. The van der Waals surface area contributed by atoms with Crippen LogP contribution in [0.1, 0.15) is 29.5 Å². The molecule has 120 valence electrons. The van der Waals surface area contributed by atoms with E-state index in [1.54, 1.807) is 17.7 Å². The minimum atomic E-state index is 0.0790. The lowest BCUT2D eigenvalue weighted by atomic mass is 10.0. The van der Waals surface area contributed by atoms with Gasteiger partial charge in [0.1, 0.15) is 23.1 Å². The van der Waals surface area contributed by atoms with Crippen LogP contribution in [0.2, 0.25) is 0 Å². The number of hydrogen-bond donors (Lipinski definition) is 1. The summed E-state index contributed by atoms with van der Waals surface area (Å²) < 4.78 is 7.96. The van der Waals surface area contributed by atoms with Crippen LogP contribution < -0.4 is 5.32 Å². The number of fused-ring (bicyclic) bond motifs is 1. The van der Waals surface area contributed by atoms with Crippen molar-refractivity contribution in [3.63, 3.8) is 0 Å². The Morgan fingerprint density at radius 1 is 1.39 bits per heavy atom. The van der Waals surface area contributed by atoms with Gasteiger partial charge in [0, 0.05) is 24.6 Å². The van der Waals surface area contributed by atoms with Crippen molar-refractivity contribution in [3.8, 4) is 0 Å². The van der Waals surface area contributed by atoms with Gasteiger partial charge in [0.05, 0.1) is 23.6 Å². The standard InChI is InChI=1S/C16H19N5OS/c1-10-5-12-15(18-8-19-16(12)23-10)20-11-3-4-22-14(6-11)13-7-17-9-21(13)2/h5,7-9,11,14H,3-4,6H2,1-2H3,(H,18,19,20). The zero-order valence-electron chi connectivity index (χ0n) is 13.2. The molecule has 0 spiro atoms. The summed E-state index contributed by atoms with van der Waals surface area (Å²) in [6.45, 7) is 2.84. The summed E-state index contributed by atoms with van der Waals surface area (Å²) in [5.41, 5.74) is 1.12. The van der Waals surface area contributed by atoms with Crippen molar-refractivity contribution in [2.24, 2.45) is 7.05 Å². The van der Waals surface area contributed by atoms with Crippen LogP contribution in [0.3, 0.4) is 0 Å².